The molecule has 3 amide bonds. The Bertz CT molecular complexity index is 692. The number of rotatable bonds is 15. The molecule has 0 aromatic rings. The topological polar surface area (TPSA) is 225 Å². The van der Waals surface area contributed by atoms with Crippen LogP contribution in [0.5, 0.6) is 0 Å². The van der Waals surface area contributed by atoms with Crippen LogP contribution in [0.2, 0.25) is 0 Å². The Morgan fingerprint density at radius 2 is 1.29 bits per heavy atom. The third-order valence-electron chi connectivity index (χ3n) is 3.79. The van der Waals surface area contributed by atoms with Gasteiger partial charge in [0, 0.05) is 5.75 Å². The Morgan fingerprint density at radius 3 is 1.74 bits per heavy atom. The standard InChI is InChI=1S/C16H26N4O9S2/c1-31-3-2-7(17)13(25)18-8(4-11(21)22)14(26)20-10(6-30)15(27)19-9(16(28)29)5-12(23)24/h7-10,30H,2-6,17H2,1H3,(H,18,25)(H,19,27)(H,20,26)(H,21,22)(H,23,24)(H,28,29). The zero-order valence-electron chi connectivity index (χ0n) is 16.6. The minimum atomic E-state index is -1.76. The van der Waals surface area contributed by atoms with Crippen molar-refractivity contribution >= 4 is 60.0 Å². The van der Waals surface area contributed by atoms with Gasteiger partial charge in [0.05, 0.1) is 18.9 Å². The second-order valence-corrected chi connectivity index (χ2v) is 7.64. The van der Waals surface area contributed by atoms with Crippen molar-refractivity contribution in [2.24, 2.45) is 5.73 Å². The Kier molecular flexibility index (Phi) is 13.3. The summed E-state index contributed by atoms with van der Waals surface area (Å²) < 4.78 is 0. The van der Waals surface area contributed by atoms with Crippen molar-refractivity contribution in [3.05, 3.63) is 0 Å². The predicted octanol–water partition coefficient (Wildman–Crippen LogP) is -2.51. The molecule has 4 atom stereocenters. The highest BCUT2D eigenvalue weighted by Crippen LogP contribution is 2.02. The molecule has 0 aromatic heterocycles. The van der Waals surface area contributed by atoms with Crippen molar-refractivity contribution in [1.29, 1.82) is 0 Å². The van der Waals surface area contributed by atoms with Gasteiger partial charge in [-0.2, -0.15) is 24.4 Å². The van der Waals surface area contributed by atoms with Crippen LogP contribution in [0.15, 0.2) is 0 Å². The van der Waals surface area contributed by atoms with Crippen LogP contribution in [-0.4, -0.2) is 92.9 Å². The SMILES string of the molecule is CSCCC(N)C(=O)NC(CC(=O)O)C(=O)NC(CS)C(=O)NC(CC(=O)O)C(=O)O. The van der Waals surface area contributed by atoms with Crippen molar-refractivity contribution in [3.63, 3.8) is 0 Å². The quantitative estimate of drug-likeness (QED) is 0.114. The second-order valence-electron chi connectivity index (χ2n) is 6.29. The minimum absolute atomic E-state index is 0.288. The number of carboxylic acid groups (broad SMARTS) is 3. The van der Waals surface area contributed by atoms with E-state index in [2.05, 4.69) is 23.3 Å². The lowest BCUT2D eigenvalue weighted by Gasteiger charge is -2.23. The molecular formula is C16H26N4O9S2. The molecule has 31 heavy (non-hydrogen) atoms. The van der Waals surface area contributed by atoms with Crippen LogP contribution in [0.1, 0.15) is 19.3 Å². The van der Waals surface area contributed by atoms with Crippen molar-refractivity contribution in [3.8, 4) is 0 Å². The molecule has 0 bridgehead atoms. The summed E-state index contributed by atoms with van der Waals surface area (Å²) in [5.41, 5.74) is 5.70. The summed E-state index contributed by atoms with van der Waals surface area (Å²) in [6, 6.07) is -5.72. The molecule has 0 aliphatic carbocycles. The van der Waals surface area contributed by atoms with E-state index < -0.39 is 72.6 Å². The van der Waals surface area contributed by atoms with Crippen LogP contribution in [0, 0.1) is 0 Å². The molecule has 0 aliphatic heterocycles. The summed E-state index contributed by atoms with van der Waals surface area (Å²) in [6.07, 6.45) is 0.389. The van der Waals surface area contributed by atoms with Gasteiger partial charge in [0.15, 0.2) is 0 Å². The zero-order chi connectivity index (χ0) is 24.1. The van der Waals surface area contributed by atoms with E-state index in [1.54, 1.807) is 6.26 Å². The average molecular weight is 483 g/mol. The van der Waals surface area contributed by atoms with Gasteiger partial charge in [0.1, 0.15) is 18.1 Å². The molecule has 0 aromatic carbocycles. The summed E-state index contributed by atoms with van der Waals surface area (Å²) >= 11 is 5.33. The smallest absolute Gasteiger partial charge is 0.326 e. The van der Waals surface area contributed by atoms with E-state index in [9.17, 15) is 28.8 Å². The van der Waals surface area contributed by atoms with Gasteiger partial charge in [-0.15, -0.1) is 0 Å². The summed E-state index contributed by atoms with van der Waals surface area (Å²) in [6.45, 7) is 0. The van der Waals surface area contributed by atoms with Crippen molar-refractivity contribution in [2.75, 3.05) is 17.8 Å². The molecule has 0 saturated carbocycles. The number of hydrogen-bond acceptors (Lipinski definition) is 9. The maximum Gasteiger partial charge on any atom is 0.326 e. The number of thioether (sulfide) groups is 1. The highest BCUT2D eigenvalue weighted by atomic mass is 32.2. The summed E-state index contributed by atoms with van der Waals surface area (Å²) in [5.74, 6) is -7.07. The van der Waals surface area contributed by atoms with E-state index in [0.717, 1.165) is 0 Å². The molecule has 13 nitrogen and oxygen atoms in total. The van der Waals surface area contributed by atoms with Crippen LogP contribution in [-0.2, 0) is 28.8 Å². The first kappa shape index (κ1) is 28.5. The Morgan fingerprint density at radius 1 is 0.839 bits per heavy atom. The number of carboxylic acids is 3. The van der Waals surface area contributed by atoms with Crippen LogP contribution in [0.3, 0.4) is 0 Å². The van der Waals surface area contributed by atoms with Crippen LogP contribution in [0.4, 0.5) is 0 Å². The van der Waals surface area contributed by atoms with Gasteiger partial charge >= 0.3 is 17.9 Å². The zero-order valence-corrected chi connectivity index (χ0v) is 18.3. The Balaban J connectivity index is 5.23. The fourth-order valence-electron chi connectivity index (χ4n) is 2.15. The van der Waals surface area contributed by atoms with Gasteiger partial charge in [-0.25, -0.2) is 4.79 Å². The van der Waals surface area contributed by atoms with E-state index in [0.29, 0.717) is 5.75 Å². The lowest BCUT2D eigenvalue weighted by Crippen LogP contribution is -2.58. The molecule has 0 radical (unpaired) electrons. The van der Waals surface area contributed by atoms with Crippen LogP contribution in [0.25, 0.3) is 0 Å². The van der Waals surface area contributed by atoms with E-state index in [-0.39, 0.29) is 12.2 Å². The molecule has 0 heterocycles. The third kappa shape index (κ3) is 11.4. The first-order valence-corrected chi connectivity index (χ1v) is 10.9. The second kappa shape index (κ2) is 14.5. The molecular weight excluding hydrogens is 456 g/mol. The molecule has 0 spiro atoms. The molecule has 8 N–H and O–H groups in total. The number of carbonyl (C=O) groups excluding carboxylic acids is 3. The largest absolute Gasteiger partial charge is 0.481 e. The lowest BCUT2D eigenvalue weighted by molar-refractivity contribution is -0.147. The average Bonchev–Trinajstić information content (AvgIpc) is 2.67. The normalized spacial score (nSPS) is 14.4. The van der Waals surface area contributed by atoms with Gasteiger partial charge < -0.3 is 37.0 Å². The number of nitrogens with two attached hydrogens (primary N) is 1. The number of nitrogens with one attached hydrogen (secondary N) is 3. The molecule has 176 valence electrons. The highest BCUT2D eigenvalue weighted by Gasteiger charge is 2.31. The van der Waals surface area contributed by atoms with Gasteiger partial charge in [-0.1, -0.05) is 0 Å². The Hall–Kier alpha value is -2.52. The van der Waals surface area contributed by atoms with E-state index in [4.69, 9.17) is 21.1 Å². The molecule has 0 aliphatic rings. The maximum absolute atomic E-state index is 12.5. The van der Waals surface area contributed by atoms with Crippen molar-refractivity contribution in [1.82, 2.24) is 16.0 Å². The summed E-state index contributed by atoms with van der Waals surface area (Å²) in [5, 5.41) is 33.1. The monoisotopic (exact) mass is 482 g/mol. The van der Waals surface area contributed by atoms with Crippen molar-refractivity contribution < 1.29 is 44.1 Å². The van der Waals surface area contributed by atoms with Gasteiger partial charge in [0.2, 0.25) is 17.7 Å². The first-order valence-electron chi connectivity index (χ1n) is 8.85. The number of hydrogen-bond donors (Lipinski definition) is 8. The highest BCUT2D eigenvalue weighted by molar-refractivity contribution is 7.98. The molecule has 15 heteroatoms. The third-order valence-corrected chi connectivity index (χ3v) is 4.80. The van der Waals surface area contributed by atoms with Gasteiger partial charge in [-0.05, 0) is 18.4 Å². The predicted molar refractivity (Wildman–Crippen MR) is 113 cm³/mol. The fraction of sp³-hybridized carbons (Fsp3) is 0.625. The number of carbonyl (C=O) groups is 6. The minimum Gasteiger partial charge on any atom is -0.481 e. The number of amides is 3. The molecule has 0 fully saturated rings. The first-order chi connectivity index (χ1) is 14.4. The molecule has 0 rings (SSSR count). The fourth-order valence-corrected chi connectivity index (χ4v) is 2.90. The lowest BCUT2D eigenvalue weighted by atomic mass is 10.1. The number of aliphatic carboxylic acids is 3. The summed E-state index contributed by atoms with van der Waals surface area (Å²) in [7, 11) is 0. The maximum atomic E-state index is 12.5. The molecule has 4 unspecified atom stereocenters. The molecule has 0 saturated heterocycles. The summed E-state index contributed by atoms with van der Waals surface area (Å²) in [4.78, 5) is 69.7. The van der Waals surface area contributed by atoms with Gasteiger partial charge in [-0.3, -0.25) is 24.0 Å². The van der Waals surface area contributed by atoms with E-state index in [1.807, 2.05) is 5.32 Å². The van der Waals surface area contributed by atoms with Crippen LogP contribution < -0.4 is 21.7 Å². The number of thiol groups is 1. The van der Waals surface area contributed by atoms with E-state index in [1.165, 1.54) is 11.8 Å². The van der Waals surface area contributed by atoms with Crippen molar-refractivity contribution in [2.45, 2.75) is 43.4 Å². The van der Waals surface area contributed by atoms with E-state index >= 15 is 0 Å². The van der Waals surface area contributed by atoms with Gasteiger partial charge in [0.25, 0.3) is 0 Å². The van der Waals surface area contributed by atoms with Crippen LogP contribution >= 0.6 is 24.4 Å². The Labute approximate surface area is 187 Å².